The molecule has 1 N–H and O–H groups in total. The number of carbonyl (C=O) groups is 1. The molecule has 2 atom stereocenters. The lowest BCUT2D eigenvalue weighted by molar-refractivity contribution is -0.121. The predicted molar refractivity (Wildman–Crippen MR) is 78.1 cm³/mol. The number of amides is 1. The average Bonchev–Trinajstić information content (AvgIpc) is 2.93. The number of carbonyl (C=O) groups excluding carboxylic acids is 1. The Balaban J connectivity index is 1.87. The van der Waals surface area contributed by atoms with Crippen LogP contribution >= 0.6 is 0 Å². The normalized spacial score (nSPS) is 18.7. The maximum absolute atomic E-state index is 12.8. The van der Waals surface area contributed by atoms with Crippen molar-refractivity contribution in [2.24, 2.45) is 0 Å². The van der Waals surface area contributed by atoms with E-state index in [4.69, 9.17) is 0 Å². The Morgan fingerprint density at radius 1 is 1.35 bits per heavy atom. The topological polar surface area (TPSA) is 46.2 Å². The smallest absolute Gasteiger partial charge is 0.235 e. The molecule has 0 aromatic heterocycles. The quantitative estimate of drug-likeness (QED) is 0.908. The van der Waals surface area contributed by atoms with E-state index in [-0.39, 0.29) is 23.5 Å². The molecule has 1 amide bonds. The van der Waals surface area contributed by atoms with Crippen molar-refractivity contribution in [3.8, 4) is 0 Å². The van der Waals surface area contributed by atoms with E-state index in [1.54, 1.807) is 19.1 Å². The van der Waals surface area contributed by atoms with Crippen LogP contribution in [0.5, 0.6) is 0 Å². The summed E-state index contributed by atoms with van der Waals surface area (Å²) < 4.78 is 25.0. The minimum Gasteiger partial charge on any atom is -0.352 e. The molecular weight excluding hydrogens is 277 g/mol. The van der Waals surface area contributed by atoms with Gasteiger partial charge in [0.1, 0.15) is 11.1 Å². The van der Waals surface area contributed by atoms with Crippen molar-refractivity contribution in [3.63, 3.8) is 0 Å². The van der Waals surface area contributed by atoms with Crippen molar-refractivity contribution in [2.75, 3.05) is 0 Å². The van der Waals surface area contributed by atoms with Gasteiger partial charge in [0.05, 0.1) is 0 Å². The molecule has 2 rings (SSSR count). The van der Waals surface area contributed by atoms with Gasteiger partial charge in [-0.1, -0.05) is 25.0 Å². The largest absolute Gasteiger partial charge is 0.352 e. The first-order valence-corrected chi connectivity index (χ1v) is 8.36. The zero-order chi connectivity index (χ0) is 14.5. The number of benzene rings is 1. The van der Waals surface area contributed by atoms with Gasteiger partial charge in [0.25, 0.3) is 0 Å². The highest BCUT2D eigenvalue weighted by Crippen LogP contribution is 2.18. The summed E-state index contributed by atoms with van der Waals surface area (Å²) in [5.74, 6) is -0.177. The van der Waals surface area contributed by atoms with Crippen LogP contribution < -0.4 is 5.32 Å². The highest BCUT2D eigenvalue weighted by Gasteiger charge is 2.24. The monoisotopic (exact) mass is 297 g/mol. The average molecular weight is 297 g/mol. The van der Waals surface area contributed by atoms with Gasteiger partial charge < -0.3 is 5.32 Å². The van der Waals surface area contributed by atoms with Gasteiger partial charge in [0.15, 0.2) is 0 Å². The van der Waals surface area contributed by atoms with Crippen molar-refractivity contribution >= 4 is 16.7 Å². The molecule has 1 aromatic carbocycles. The summed E-state index contributed by atoms with van der Waals surface area (Å²) in [6, 6.07) is 6.14. The molecule has 0 radical (unpaired) electrons. The molecule has 1 aliphatic rings. The zero-order valence-corrected chi connectivity index (χ0v) is 12.4. The molecule has 0 aliphatic heterocycles. The first-order valence-electron chi connectivity index (χ1n) is 6.98. The predicted octanol–water partition coefficient (Wildman–Crippen LogP) is 2.52. The molecule has 0 bridgehead atoms. The second-order valence-electron chi connectivity index (χ2n) is 5.28. The van der Waals surface area contributed by atoms with Crippen LogP contribution in [0.4, 0.5) is 4.39 Å². The lowest BCUT2D eigenvalue weighted by Crippen LogP contribution is -2.40. The van der Waals surface area contributed by atoms with Crippen molar-refractivity contribution < 1.29 is 13.4 Å². The van der Waals surface area contributed by atoms with E-state index in [2.05, 4.69) is 5.32 Å². The van der Waals surface area contributed by atoms with Crippen LogP contribution in [0, 0.1) is 5.82 Å². The van der Waals surface area contributed by atoms with Crippen molar-refractivity contribution in [1.82, 2.24) is 5.32 Å². The summed E-state index contributed by atoms with van der Waals surface area (Å²) in [6.45, 7) is 1.68. The van der Waals surface area contributed by atoms with Crippen LogP contribution in [0.2, 0.25) is 0 Å². The summed E-state index contributed by atoms with van der Waals surface area (Å²) in [6.07, 6.45) is 4.34. The first-order chi connectivity index (χ1) is 9.56. The van der Waals surface area contributed by atoms with Crippen LogP contribution in [0.25, 0.3) is 0 Å². The summed E-state index contributed by atoms with van der Waals surface area (Å²) in [5, 5.41) is 2.42. The van der Waals surface area contributed by atoms with Crippen LogP contribution in [0.1, 0.15) is 38.2 Å². The first kappa shape index (κ1) is 15.2. The molecule has 1 aromatic rings. The van der Waals surface area contributed by atoms with Gasteiger partial charge in [-0.3, -0.25) is 9.00 Å². The Hall–Kier alpha value is -1.23. The number of rotatable bonds is 5. The molecule has 1 saturated carbocycles. The van der Waals surface area contributed by atoms with Crippen LogP contribution in [-0.2, 0) is 21.3 Å². The van der Waals surface area contributed by atoms with Gasteiger partial charge in [0.2, 0.25) is 5.91 Å². The minimum absolute atomic E-state index is 0.141. The fraction of sp³-hybridized carbons (Fsp3) is 0.533. The molecular formula is C15H20FNO2S. The van der Waals surface area contributed by atoms with Crippen LogP contribution in [0.15, 0.2) is 24.3 Å². The number of hydrogen-bond donors (Lipinski definition) is 1. The summed E-state index contributed by atoms with van der Waals surface area (Å²) in [4.78, 5) is 12.0. The highest BCUT2D eigenvalue weighted by molar-refractivity contribution is 7.85. The summed E-state index contributed by atoms with van der Waals surface area (Å²) in [7, 11) is -1.29. The fourth-order valence-electron chi connectivity index (χ4n) is 2.38. The maximum atomic E-state index is 12.8. The second kappa shape index (κ2) is 6.97. The summed E-state index contributed by atoms with van der Waals surface area (Å²) >= 11 is 0. The SMILES string of the molecule is CC(C(=O)NC1CCCC1)S(=O)Cc1ccc(F)cc1. The minimum atomic E-state index is -1.29. The van der Waals surface area contributed by atoms with E-state index in [0.717, 1.165) is 31.2 Å². The van der Waals surface area contributed by atoms with Gasteiger partial charge >= 0.3 is 0 Å². The third-order valence-electron chi connectivity index (χ3n) is 3.69. The van der Waals surface area contributed by atoms with E-state index in [1.165, 1.54) is 12.1 Å². The molecule has 2 unspecified atom stereocenters. The van der Waals surface area contributed by atoms with E-state index in [1.807, 2.05) is 0 Å². The molecule has 0 saturated heterocycles. The number of nitrogens with one attached hydrogen (secondary N) is 1. The standard InChI is InChI=1S/C15H20FNO2S/c1-11(15(18)17-14-4-2-3-5-14)20(19)10-12-6-8-13(16)9-7-12/h6-9,11,14H,2-5,10H2,1H3,(H,17,18). The van der Waals surface area contributed by atoms with Gasteiger partial charge in [-0.05, 0) is 37.5 Å². The van der Waals surface area contributed by atoms with Crippen molar-refractivity contribution in [3.05, 3.63) is 35.6 Å². The fourth-order valence-corrected chi connectivity index (χ4v) is 3.46. The number of halogens is 1. The van der Waals surface area contributed by atoms with E-state index < -0.39 is 16.0 Å². The Kier molecular flexibility index (Phi) is 5.29. The molecule has 1 fully saturated rings. The molecule has 110 valence electrons. The second-order valence-corrected chi connectivity index (χ2v) is 7.04. The molecule has 20 heavy (non-hydrogen) atoms. The molecule has 5 heteroatoms. The van der Waals surface area contributed by atoms with Crippen molar-refractivity contribution in [2.45, 2.75) is 49.7 Å². The molecule has 0 heterocycles. The van der Waals surface area contributed by atoms with Crippen molar-refractivity contribution in [1.29, 1.82) is 0 Å². The lowest BCUT2D eigenvalue weighted by atomic mass is 10.2. The molecule has 0 spiro atoms. The maximum Gasteiger partial charge on any atom is 0.235 e. The number of hydrogen-bond acceptors (Lipinski definition) is 2. The lowest BCUT2D eigenvalue weighted by Gasteiger charge is -2.16. The third kappa shape index (κ3) is 4.13. The molecule has 3 nitrogen and oxygen atoms in total. The third-order valence-corrected chi connectivity index (χ3v) is 5.31. The Labute approximate surface area is 121 Å². The van der Waals surface area contributed by atoms with Gasteiger partial charge in [-0.25, -0.2) is 4.39 Å². The van der Waals surface area contributed by atoms with Crippen LogP contribution in [0.3, 0.4) is 0 Å². The summed E-state index contributed by atoms with van der Waals surface area (Å²) in [5.41, 5.74) is 0.783. The Morgan fingerprint density at radius 2 is 1.95 bits per heavy atom. The van der Waals surface area contributed by atoms with Gasteiger partial charge in [-0.15, -0.1) is 0 Å². The van der Waals surface area contributed by atoms with E-state index in [9.17, 15) is 13.4 Å². The van der Waals surface area contributed by atoms with Gasteiger partial charge in [0, 0.05) is 22.6 Å². The molecule has 1 aliphatic carbocycles. The Morgan fingerprint density at radius 3 is 2.55 bits per heavy atom. The van der Waals surface area contributed by atoms with Gasteiger partial charge in [-0.2, -0.15) is 0 Å². The van der Waals surface area contributed by atoms with E-state index in [0.29, 0.717) is 0 Å². The zero-order valence-electron chi connectivity index (χ0n) is 11.6. The Bertz CT molecular complexity index is 483. The van der Waals surface area contributed by atoms with Crippen LogP contribution in [-0.4, -0.2) is 21.4 Å². The highest BCUT2D eigenvalue weighted by atomic mass is 32.2. The van der Waals surface area contributed by atoms with E-state index >= 15 is 0 Å².